The molecule has 0 saturated heterocycles. The second-order valence-corrected chi connectivity index (χ2v) is 5.28. The van der Waals surface area contributed by atoms with Crippen LogP contribution in [0.4, 0.5) is 0 Å². The zero-order chi connectivity index (χ0) is 13.9. The van der Waals surface area contributed by atoms with Crippen molar-refractivity contribution in [2.45, 2.75) is 31.8 Å². The van der Waals surface area contributed by atoms with Crippen LogP contribution in [0.5, 0.6) is 0 Å². The van der Waals surface area contributed by atoms with Gasteiger partial charge in [-0.15, -0.1) is 0 Å². The molecular weight excluding hydrogens is 248 g/mol. The number of esters is 1. The molecule has 2 aromatic rings. The highest BCUT2D eigenvalue weighted by atomic mass is 16.5. The Morgan fingerprint density at radius 2 is 1.75 bits per heavy atom. The van der Waals surface area contributed by atoms with E-state index in [1.165, 1.54) is 18.1 Å². The van der Waals surface area contributed by atoms with Gasteiger partial charge in [0.05, 0.1) is 0 Å². The van der Waals surface area contributed by atoms with Crippen LogP contribution in [0, 0.1) is 0 Å². The number of ether oxygens (including phenoxy) is 1. The standard InChI is InChI=1S/C18H18O2/c1-13(19)20-18-16-10-6-5-9-15(16)11-12-17(18)14-7-3-2-4-8-14/h2-10,17-18H,11-12H2,1H3/t17-,18-/m0/s1. The van der Waals surface area contributed by atoms with E-state index in [2.05, 4.69) is 24.3 Å². The summed E-state index contributed by atoms with van der Waals surface area (Å²) in [6.07, 6.45) is 1.88. The first-order valence-corrected chi connectivity index (χ1v) is 7.05. The van der Waals surface area contributed by atoms with Gasteiger partial charge in [0, 0.05) is 12.8 Å². The average molecular weight is 266 g/mol. The summed E-state index contributed by atoms with van der Waals surface area (Å²) >= 11 is 0. The van der Waals surface area contributed by atoms with Crippen LogP contribution in [0.1, 0.15) is 42.1 Å². The van der Waals surface area contributed by atoms with Gasteiger partial charge in [-0.25, -0.2) is 0 Å². The molecule has 20 heavy (non-hydrogen) atoms. The molecule has 0 radical (unpaired) electrons. The summed E-state index contributed by atoms with van der Waals surface area (Å²) in [7, 11) is 0. The van der Waals surface area contributed by atoms with E-state index in [-0.39, 0.29) is 18.0 Å². The van der Waals surface area contributed by atoms with Crippen LogP contribution in [0.25, 0.3) is 0 Å². The number of aryl methyl sites for hydroxylation is 1. The molecule has 0 amide bonds. The van der Waals surface area contributed by atoms with Crippen molar-refractivity contribution in [1.29, 1.82) is 0 Å². The summed E-state index contributed by atoms with van der Waals surface area (Å²) in [5.41, 5.74) is 3.70. The number of carbonyl (C=O) groups is 1. The molecule has 0 bridgehead atoms. The highest BCUT2D eigenvalue weighted by molar-refractivity contribution is 5.66. The second-order valence-electron chi connectivity index (χ2n) is 5.28. The summed E-state index contributed by atoms with van der Waals surface area (Å²) in [6, 6.07) is 18.6. The summed E-state index contributed by atoms with van der Waals surface area (Å²) in [4.78, 5) is 11.5. The van der Waals surface area contributed by atoms with E-state index in [4.69, 9.17) is 4.74 Å². The Morgan fingerprint density at radius 3 is 2.50 bits per heavy atom. The van der Waals surface area contributed by atoms with Crippen LogP contribution in [-0.2, 0) is 16.0 Å². The molecule has 0 N–H and O–H groups in total. The average Bonchev–Trinajstić information content (AvgIpc) is 2.48. The number of fused-ring (bicyclic) bond motifs is 1. The number of hydrogen-bond acceptors (Lipinski definition) is 2. The Kier molecular flexibility index (Phi) is 3.55. The molecule has 1 aliphatic carbocycles. The third-order valence-electron chi connectivity index (χ3n) is 3.97. The van der Waals surface area contributed by atoms with Gasteiger partial charge in [-0.2, -0.15) is 0 Å². The monoisotopic (exact) mass is 266 g/mol. The summed E-state index contributed by atoms with van der Waals surface area (Å²) in [6.45, 7) is 1.49. The van der Waals surface area contributed by atoms with E-state index in [0.29, 0.717) is 0 Å². The lowest BCUT2D eigenvalue weighted by Crippen LogP contribution is -2.23. The minimum Gasteiger partial charge on any atom is -0.457 e. The first-order chi connectivity index (χ1) is 9.75. The molecule has 2 atom stereocenters. The first-order valence-electron chi connectivity index (χ1n) is 7.05. The topological polar surface area (TPSA) is 26.3 Å². The molecule has 2 heteroatoms. The number of benzene rings is 2. The molecule has 3 rings (SSSR count). The second kappa shape index (κ2) is 5.49. The Labute approximate surface area is 119 Å². The van der Waals surface area contributed by atoms with Gasteiger partial charge in [0.25, 0.3) is 0 Å². The third kappa shape index (κ3) is 2.46. The fourth-order valence-corrected chi connectivity index (χ4v) is 3.08. The predicted molar refractivity (Wildman–Crippen MR) is 78.5 cm³/mol. The number of rotatable bonds is 2. The molecule has 0 heterocycles. The highest BCUT2D eigenvalue weighted by Crippen LogP contribution is 2.43. The fourth-order valence-electron chi connectivity index (χ4n) is 3.08. The van der Waals surface area contributed by atoms with Crippen LogP contribution < -0.4 is 0 Å². The maximum atomic E-state index is 11.5. The van der Waals surface area contributed by atoms with Crippen molar-refractivity contribution in [3.05, 3.63) is 71.3 Å². The molecule has 1 aliphatic rings. The lowest BCUT2D eigenvalue weighted by Gasteiger charge is -2.33. The van der Waals surface area contributed by atoms with E-state index in [9.17, 15) is 4.79 Å². The van der Waals surface area contributed by atoms with Gasteiger partial charge in [0.2, 0.25) is 0 Å². The van der Waals surface area contributed by atoms with Crippen molar-refractivity contribution in [1.82, 2.24) is 0 Å². The van der Waals surface area contributed by atoms with Crippen molar-refractivity contribution >= 4 is 5.97 Å². The van der Waals surface area contributed by atoms with Gasteiger partial charge in [-0.1, -0.05) is 54.6 Å². The zero-order valence-electron chi connectivity index (χ0n) is 11.6. The largest absolute Gasteiger partial charge is 0.457 e. The maximum absolute atomic E-state index is 11.5. The summed E-state index contributed by atoms with van der Waals surface area (Å²) in [5.74, 6) is 0.0302. The van der Waals surface area contributed by atoms with Crippen molar-refractivity contribution in [2.24, 2.45) is 0 Å². The molecule has 0 unspecified atom stereocenters. The van der Waals surface area contributed by atoms with E-state index in [1.807, 2.05) is 30.3 Å². The summed E-state index contributed by atoms with van der Waals surface area (Å²) < 4.78 is 5.65. The maximum Gasteiger partial charge on any atom is 0.303 e. The molecule has 0 aliphatic heterocycles. The van der Waals surface area contributed by atoms with Crippen molar-refractivity contribution in [2.75, 3.05) is 0 Å². The SMILES string of the molecule is CC(=O)O[C@H]1c2ccccc2CC[C@H]1c1ccccc1. The Morgan fingerprint density at radius 1 is 1.05 bits per heavy atom. The Balaban J connectivity index is 2.01. The third-order valence-corrected chi connectivity index (χ3v) is 3.97. The van der Waals surface area contributed by atoms with Gasteiger partial charge >= 0.3 is 5.97 Å². The fraction of sp³-hybridized carbons (Fsp3) is 0.278. The molecule has 0 aromatic heterocycles. The van der Waals surface area contributed by atoms with Gasteiger partial charge in [-0.05, 0) is 29.5 Å². The van der Waals surface area contributed by atoms with Crippen molar-refractivity contribution < 1.29 is 9.53 Å². The first kappa shape index (κ1) is 12.9. The molecular formula is C18H18O2. The van der Waals surface area contributed by atoms with Crippen LogP contribution in [0.15, 0.2) is 54.6 Å². The molecule has 2 nitrogen and oxygen atoms in total. The Bertz CT molecular complexity index is 604. The zero-order valence-corrected chi connectivity index (χ0v) is 11.6. The lowest BCUT2D eigenvalue weighted by molar-refractivity contribution is -0.148. The van der Waals surface area contributed by atoms with Gasteiger partial charge in [0.15, 0.2) is 0 Å². The van der Waals surface area contributed by atoms with Crippen LogP contribution in [0.3, 0.4) is 0 Å². The number of carbonyl (C=O) groups excluding carboxylic acids is 1. The van der Waals surface area contributed by atoms with Crippen LogP contribution in [-0.4, -0.2) is 5.97 Å². The molecule has 2 aromatic carbocycles. The van der Waals surface area contributed by atoms with Crippen LogP contribution >= 0.6 is 0 Å². The quantitative estimate of drug-likeness (QED) is 0.767. The predicted octanol–water partition coefficient (Wildman–Crippen LogP) is 4.02. The molecule has 0 spiro atoms. The molecule has 0 saturated carbocycles. The van der Waals surface area contributed by atoms with Gasteiger partial charge in [0.1, 0.15) is 6.10 Å². The van der Waals surface area contributed by atoms with E-state index in [0.717, 1.165) is 18.4 Å². The smallest absolute Gasteiger partial charge is 0.303 e. The minimum atomic E-state index is -0.215. The number of hydrogen-bond donors (Lipinski definition) is 0. The highest BCUT2D eigenvalue weighted by Gasteiger charge is 2.32. The Hall–Kier alpha value is -2.09. The molecule has 102 valence electrons. The summed E-state index contributed by atoms with van der Waals surface area (Å²) in [5, 5.41) is 0. The van der Waals surface area contributed by atoms with E-state index < -0.39 is 0 Å². The van der Waals surface area contributed by atoms with Gasteiger partial charge < -0.3 is 4.74 Å². The van der Waals surface area contributed by atoms with Crippen molar-refractivity contribution in [3.8, 4) is 0 Å². The van der Waals surface area contributed by atoms with E-state index >= 15 is 0 Å². The molecule has 0 fully saturated rings. The lowest BCUT2D eigenvalue weighted by atomic mass is 9.78. The van der Waals surface area contributed by atoms with Gasteiger partial charge in [-0.3, -0.25) is 4.79 Å². The normalized spacial score (nSPS) is 21.1. The van der Waals surface area contributed by atoms with Crippen LogP contribution in [0.2, 0.25) is 0 Å². The minimum absolute atomic E-state index is 0.167. The van der Waals surface area contributed by atoms with E-state index in [1.54, 1.807) is 0 Å². The van der Waals surface area contributed by atoms with Crippen molar-refractivity contribution in [3.63, 3.8) is 0 Å².